The number of nitriles is 1. The van der Waals surface area contributed by atoms with Crippen LogP contribution in [0.25, 0.3) is 0 Å². The molecule has 0 spiro atoms. The highest BCUT2D eigenvalue weighted by Crippen LogP contribution is 2.05. The number of nitrogens with one attached hydrogen (secondary N) is 1. The second-order valence-electron chi connectivity index (χ2n) is 3.86. The van der Waals surface area contributed by atoms with Gasteiger partial charge in [0.1, 0.15) is 18.4 Å². The first-order chi connectivity index (χ1) is 8.12. The number of rotatable bonds is 5. The van der Waals surface area contributed by atoms with E-state index in [1.165, 1.54) is 11.0 Å². The van der Waals surface area contributed by atoms with E-state index < -0.39 is 6.04 Å². The van der Waals surface area contributed by atoms with Gasteiger partial charge in [-0.1, -0.05) is 13.8 Å². The summed E-state index contributed by atoms with van der Waals surface area (Å²) in [5.74, 6) is -0.0275. The number of hydrogen-bond acceptors (Lipinski definition) is 4. The predicted octanol–water partition coefficient (Wildman–Crippen LogP) is 1.02. The molecule has 0 radical (unpaired) electrons. The van der Waals surface area contributed by atoms with Crippen LogP contribution in [0.5, 0.6) is 0 Å². The summed E-state index contributed by atoms with van der Waals surface area (Å²) in [4.78, 5) is 15.7. The van der Waals surface area contributed by atoms with Gasteiger partial charge in [0, 0.05) is 6.04 Å². The van der Waals surface area contributed by atoms with Gasteiger partial charge < -0.3 is 5.32 Å². The van der Waals surface area contributed by atoms with Crippen LogP contribution in [-0.2, 0) is 4.79 Å². The summed E-state index contributed by atoms with van der Waals surface area (Å²) in [5.41, 5.74) is 0. The average Bonchev–Trinajstić information content (AvgIpc) is 2.83. The summed E-state index contributed by atoms with van der Waals surface area (Å²) >= 11 is 0. The third kappa shape index (κ3) is 3.28. The Kier molecular flexibility index (Phi) is 4.64. The molecule has 92 valence electrons. The smallest absolute Gasteiger partial charge is 0.252 e. The van der Waals surface area contributed by atoms with Crippen LogP contribution in [0.1, 0.15) is 45.5 Å². The van der Waals surface area contributed by atoms with Gasteiger partial charge in [-0.05, 0) is 19.8 Å². The first-order valence-corrected chi connectivity index (χ1v) is 5.73. The van der Waals surface area contributed by atoms with E-state index in [2.05, 4.69) is 15.4 Å². The van der Waals surface area contributed by atoms with Gasteiger partial charge in [-0.2, -0.15) is 5.26 Å². The van der Waals surface area contributed by atoms with Crippen LogP contribution in [0.3, 0.4) is 0 Å². The lowest BCUT2D eigenvalue weighted by molar-refractivity contribution is -0.124. The summed E-state index contributed by atoms with van der Waals surface area (Å²) in [5, 5.41) is 15.4. The SMILES string of the molecule is CCC(CC)NC(=O)C(C)n1cnc(C#N)n1. The molecule has 0 aliphatic carbocycles. The number of hydrogen-bond donors (Lipinski definition) is 1. The second kappa shape index (κ2) is 5.99. The van der Waals surface area contributed by atoms with Gasteiger partial charge in [-0.25, -0.2) is 9.67 Å². The molecular formula is C11H17N5O. The van der Waals surface area contributed by atoms with Crippen LogP contribution in [0.4, 0.5) is 0 Å². The monoisotopic (exact) mass is 235 g/mol. The van der Waals surface area contributed by atoms with E-state index in [4.69, 9.17) is 5.26 Å². The van der Waals surface area contributed by atoms with E-state index in [0.29, 0.717) is 0 Å². The topological polar surface area (TPSA) is 83.6 Å². The Hall–Kier alpha value is -1.90. The number of nitrogens with zero attached hydrogens (tertiary/aromatic N) is 4. The van der Waals surface area contributed by atoms with Crippen molar-refractivity contribution in [3.63, 3.8) is 0 Å². The summed E-state index contributed by atoms with van der Waals surface area (Å²) in [6, 6.07) is 1.56. The van der Waals surface area contributed by atoms with Crippen LogP contribution in [0, 0.1) is 11.3 Å². The Balaban J connectivity index is 2.66. The van der Waals surface area contributed by atoms with Gasteiger partial charge >= 0.3 is 0 Å². The number of carbonyl (C=O) groups excluding carboxylic acids is 1. The molecule has 6 nitrogen and oxygen atoms in total. The maximum absolute atomic E-state index is 11.9. The van der Waals surface area contributed by atoms with Gasteiger partial charge in [-0.3, -0.25) is 4.79 Å². The van der Waals surface area contributed by atoms with Crippen molar-refractivity contribution in [1.82, 2.24) is 20.1 Å². The van der Waals surface area contributed by atoms with Crippen LogP contribution in [0.15, 0.2) is 6.33 Å². The molecule has 0 saturated carbocycles. The Morgan fingerprint density at radius 1 is 1.59 bits per heavy atom. The largest absolute Gasteiger partial charge is 0.352 e. The number of aromatic nitrogens is 3. The Morgan fingerprint density at radius 3 is 2.71 bits per heavy atom. The van der Waals surface area contributed by atoms with E-state index in [-0.39, 0.29) is 17.8 Å². The van der Waals surface area contributed by atoms with Gasteiger partial charge in [0.05, 0.1) is 0 Å². The first-order valence-electron chi connectivity index (χ1n) is 5.73. The first kappa shape index (κ1) is 13.2. The van der Waals surface area contributed by atoms with Gasteiger partial charge in [0.25, 0.3) is 5.82 Å². The molecule has 1 N–H and O–H groups in total. The lowest BCUT2D eigenvalue weighted by Gasteiger charge is -2.18. The number of amides is 1. The molecular weight excluding hydrogens is 218 g/mol. The summed E-state index contributed by atoms with van der Waals surface area (Å²) < 4.78 is 1.40. The molecule has 1 aromatic heterocycles. The summed E-state index contributed by atoms with van der Waals surface area (Å²) in [6.07, 6.45) is 3.20. The minimum atomic E-state index is -0.454. The molecule has 0 saturated heterocycles. The van der Waals surface area contributed by atoms with Crippen molar-refractivity contribution in [1.29, 1.82) is 5.26 Å². The molecule has 1 atom stereocenters. The quantitative estimate of drug-likeness (QED) is 0.825. The standard InChI is InChI=1S/C11H17N5O/c1-4-9(5-2)14-11(17)8(3)16-7-13-10(6-12)15-16/h7-9H,4-5H2,1-3H3,(H,14,17). The lowest BCUT2D eigenvalue weighted by atomic mass is 10.1. The van der Waals surface area contributed by atoms with Crippen LogP contribution < -0.4 is 5.32 Å². The minimum Gasteiger partial charge on any atom is -0.352 e. The molecule has 0 aromatic carbocycles. The molecule has 0 aliphatic rings. The van der Waals surface area contributed by atoms with Crippen molar-refractivity contribution in [3.05, 3.63) is 12.2 Å². The molecule has 0 fully saturated rings. The third-order valence-electron chi connectivity index (χ3n) is 2.72. The fraction of sp³-hybridized carbons (Fsp3) is 0.636. The molecule has 1 aromatic rings. The minimum absolute atomic E-state index is 0.0761. The molecule has 1 heterocycles. The summed E-state index contributed by atoms with van der Waals surface area (Å²) in [6.45, 7) is 5.79. The fourth-order valence-corrected chi connectivity index (χ4v) is 1.45. The molecule has 1 unspecified atom stereocenters. The van der Waals surface area contributed by atoms with Crippen LogP contribution in [0.2, 0.25) is 0 Å². The average molecular weight is 235 g/mol. The van der Waals surface area contributed by atoms with E-state index >= 15 is 0 Å². The van der Waals surface area contributed by atoms with Gasteiger partial charge in [-0.15, -0.1) is 5.10 Å². The highest BCUT2D eigenvalue weighted by molar-refractivity contribution is 5.80. The van der Waals surface area contributed by atoms with Crippen molar-refractivity contribution >= 4 is 5.91 Å². The fourth-order valence-electron chi connectivity index (χ4n) is 1.45. The van der Waals surface area contributed by atoms with Crippen molar-refractivity contribution < 1.29 is 4.79 Å². The molecule has 1 rings (SSSR count). The van der Waals surface area contributed by atoms with Crippen LogP contribution >= 0.6 is 0 Å². The zero-order valence-corrected chi connectivity index (χ0v) is 10.3. The van der Waals surface area contributed by atoms with Crippen molar-refractivity contribution in [3.8, 4) is 6.07 Å². The maximum Gasteiger partial charge on any atom is 0.252 e. The zero-order chi connectivity index (χ0) is 12.8. The predicted molar refractivity (Wildman–Crippen MR) is 62.0 cm³/mol. The van der Waals surface area contributed by atoms with E-state index in [1.54, 1.807) is 6.92 Å². The summed E-state index contributed by atoms with van der Waals surface area (Å²) in [7, 11) is 0. The van der Waals surface area contributed by atoms with Crippen LogP contribution in [-0.4, -0.2) is 26.7 Å². The number of carbonyl (C=O) groups is 1. The molecule has 0 aliphatic heterocycles. The Labute approximate surface area is 101 Å². The molecule has 0 bridgehead atoms. The highest BCUT2D eigenvalue weighted by atomic mass is 16.2. The zero-order valence-electron chi connectivity index (χ0n) is 10.3. The molecule has 1 amide bonds. The van der Waals surface area contributed by atoms with Crippen molar-refractivity contribution in [2.45, 2.75) is 45.7 Å². The molecule has 17 heavy (non-hydrogen) atoms. The van der Waals surface area contributed by atoms with Gasteiger partial charge in [0.2, 0.25) is 5.91 Å². The maximum atomic E-state index is 11.9. The van der Waals surface area contributed by atoms with Crippen molar-refractivity contribution in [2.75, 3.05) is 0 Å². The van der Waals surface area contributed by atoms with E-state index in [9.17, 15) is 4.79 Å². The van der Waals surface area contributed by atoms with E-state index in [0.717, 1.165) is 12.8 Å². The van der Waals surface area contributed by atoms with Gasteiger partial charge in [0.15, 0.2) is 0 Å². The second-order valence-corrected chi connectivity index (χ2v) is 3.86. The van der Waals surface area contributed by atoms with E-state index in [1.807, 2.05) is 19.9 Å². The Bertz CT molecular complexity index is 416. The highest BCUT2D eigenvalue weighted by Gasteiger charge is 2.18. The normalized spacial score (nSPS) is 12.2. The lowest BCUT2D eigenvalue weighted by Crippen LogP contribution is -2.38. The van der Waals surface area contributed by atoms with Crippen molar-refractivity contribution in [2.24, 2.45) is 0 Å². The third-order valence-corrected chi connectivity index (χ3v) is 2.72. The Morgan fingerprint density at radius 2 is 2.24 bits per heavy atom. The molecule has 6 heteroatoms.